The Morgan fingerprint density at radius 3 is 1.76 bits per heavy atom. The number of anilines is 1. The van der Waals surface area contributed by atoms with E-state index in [0.29, 0.717) is 0 Å². The lowest BCUT2D eigenvalue weighted by atomic mass is 10.1. The third-order valence-corrected chi connectivity index (χ3v) is 2.34. The van der Waals surface area contributed by atoms with Crippen molar-refractivity contribution < 1.29 is 31.9 Å². The van der Waals surface area contributed by atoms with Crippen molar-refractivity contribution in [1.82, 2.24) is 0 Å². The van der Waals surface area contributed by atoms with Crippen LogP contribution in [0.25, 0.3) is 0 Å². The predicted octanol–water partition coefficient (Wildman–Crippen LogP) is 0.723. The molecule has 0 spiro atoms. The molecule has 5 N–H and O–H groups in total. The minimum atomic E-state index is -4.93. The molecule has 0 aliphatic heterocycles. The molecule has 0 heterocycles. The summed E-state index contributed by atoms with van der Waals surface area (Å²) in [6, 6.07) is 2.65. The van der Waals surface area contributed by atoms with E-state index in [9.17, 15) is 31.9 Å². The zero-order valence-electron chi connectivity index (χ0n) is 10.2. The summed E-state index contributed by atoms with van der Waals surface area (Å²) in [6.07, 6.45) is -4.22. The van der Waals surface area contributed by atoms with Crippen LogP contribution in [-0.2, 0) is 4.79 Å². The first-order valence-electron chi connectivity index (χ1n) is 5.27. The lowest BCUT2D eigenvalue weighted by Crippen LogP contribution is -2.41. The van der Waals surface area contributed by atoms with Crippen molar-refractivity contribution in [3.63, 3.8) is 0 Å². The lowest BCUT2D eigenvalue weighted by molar-refractivity contribution is -0.163. The van der Waals surface area contributed by atoms with Crippen molar-refractivity contribution in [2.75, 3.05) is 5.32 Å². The number of halogens is 4. The Morgan fingerprint density at radius 1 is 1.00 bits per heavy atom. The normalized spacial score (nSPS) is 11.3. The van der Waals surface area contributed by atoms with Gasteiger partial charge in [0.25, 0.3) is 0 Å². The van der Waals surface area contributed by atoms with Crippen LogP contribution in [0.3, 0.4) is 0 Å². The number of hydrogen-bond acceptors (Lipinski definition) is 3. The molecule has 114 valence electrons. The van der Waals surface area contributed by atoms with E-state index in [4.69, 9.17) is 11.5 Å². The summed E-state index contributed by atoms with van der Waals surface area (Å²) in [6.45, 7) is 0. The topological polar surface area (TPSA) is 115 Å². The van der Waals surface area contributed by atoms with Gasteiger partial charge in [0.1, 0.15) is 0 Å². The first-order chi connectivity index (χ1) is 9.55. The van der Waals surface area contributed by atoms with Gasteiger partial charge in [0.15, 0.2) is 0 Å². The van der Waals surface area contributed by atoms with Crippen LogP contribution in [0.4, 0.5) is 23.2 Å². The monoisotopic (exact) mass is 307 g/mol. The van der Waals surface area contributed by atoms with Gasteiger partial charge in [0.05, 0.1) is 0 Å². The molecule has 1 rings (SSSR count). The second-order valence-corrected chi connectivity index (χ2v) is 3.91. The Labute approximate surface area is 115 Å². The van der Waals surface area contributed by atoms with Gasteiger partial charge in [-0.15, -0.1) is 0 Å². The minimum absolute atomic E-state index is 0.318. The van der Waals surface area contributed by atoms with Crippen LogP contribution in [0.1, 0.15) is 20.7 Å². The molecule has 1 aromatic carbocycles. The van der Waals surface area contributed by atoms with Gasteiger partial charge < -0.3 is 16.8 Å². The summed E-state index contributed by atoms with van der Waals surface area (Å²) in [4.78, 5) is 33.1. The van der Waals surface area contributed by atoms with Crippen molar-refractivity contribution >= 4 is 23.4 Å². The van der Waals surface area contributed by atoms with Crippen molar-refractivity contribution in [2.24, 2.45) is 11.5 Å². The first-order valence-corrected chi connectivity index (χ1v) is 5.27. The number of carbonyl (C=O) groups excluding carboxylic acids is 3. The minimum Gasteiger partial charge on any atom is -0.366 e. The van der Waals surface area contributed by atoms with E-state index < -0.39 is 35.8 Å². The molecule has 0 aliphatic rings. The maximum atomic E-state index is 12.8. The molecule has 0 bridgehead atoms. The zero-order valence-corrected chi connectivity index (χ0v) is 10.2. The van der Waals surface area contributed by atoms with Gasteiger partial charge in [-0.05, 0) is 18.2 Å². The standard InChI is InChI=1S/C11H9F4N3O3/c12-9(13)11(14,15)10(21)18-6-2-4(7(16)19)1-5(3-6)8(17)20/h1-3,9H,(H2,16,19)(H2,17,20)(H,18,21). The molecule has 21 heavy (non-hydrogen) atoms. The molecule has 0 fully saturated rings. The molecule has 0 unspecified atom stereocenters. The molecular weight excluding hydrogens is 298 g/mol. The molecule has 0 aliphatic carbocycles. The van der Waals surface area contributed by atoms with Gasteiger partial charge in [-0.2, -0.15) is 8.78 Å². The number of benzene rings is 1. The van der Waals surface area contributed by atoms with Crippen LogP contribution >= 0.6 is 0 Å². The van der Waals surface area contributed by atoms with Crippen LogP contribution < -0.4 is 16.8 Å². The Kier molecular flexibility index (Phi) is 4.51. The molecule has 0 atom stereocenters. The summed E-state index contributed by atoms with van der Waals surface area (Å²) in [5.74, 6) is -9.30. The smallest absolute Gasteiger partial charge is 0.366 e. The Morgan fingerprint density at radius 2 is 1.43 bits per heavy atom. The predicted molar refractivity (Wildman–Crippen MR) is 63.1 cm³/mol. The van der Waals surface area contributed by atoms with Gasteiger partial charge in [0, 0.05) is 16.8 Å². The molecule has 0 radical (unpaired) electrons. The van der Waals surface area contributed by atoms with Crippen LogP contribution in [0.15, 0.2) is 18.2 Å². The van der Waals surface area contributed by atoms with E-state index in [1.165, 1.54) is 5.32 Å². The summed E-state index contributed by atoms with van der Waals surface area (Å²) >= 11 is 0. The average Bonchev–Trinajstić information content (AvgIpc) is 2.37. The van der Waals surface area contributed by atoms with Crippen molar-refractivity contribution in [2.45, 2.75) is 12.3 Å². The number of nitrogens with two attached hydrogens (primary N) is 2. The van der Waals surface area contributed by atoms with Gasteiger partial charge in [-0.3, -0.25) is 14.4 Å². The number of rotatable bonds is 5. The second-order valence-electron chi connectivity index (χ2n) is 3.91. The van der Waals surface area contributed by atoms with Gasteiger partial charge in [-0.25, -0.2) is 8.78 Å². The number of primary amides is 2. The number of hydrogen-bond donors (Lipinski definition) is 3. The average molecular weight is 307 g/mol. The maximum Gasteiger partial charge on any atom is 0.383 e. The number of nitrogens with one attached hydrogen (secondary N) is 1. The van der Waals surface area contributed by atoms with Gasteiger partial charge in [0.2, 0.25) is 11.8 Å². The highest BCUT2D eigenvalue weighted by atomic mass is 19.3. The van der Waals surface area contributed by atoms with Gasteiger partial charge in [-0.1, -0.05) is 0 Å². The zero-order chi connectivity index (χ0) is 16.4. The van der Waals surface area contributed by atoms with Gasteiger partial charge >= 0.3 is 18.3 Å². The van der Waals surface area contributed by atoms with Crippen LogP contribution in [0.5, 0.6) is 0 Å². The Bertz CT molecular complexity index is 572. The number of carbonyl (C=O) groups is 3. The van der Waals surface area contributed by atoms with E-state index in [0.717, 1.165) is 18.2 Å². The summed E-state index contributed by atoms with van der Waals surface area (Å²) in [5.41, 5.74) is 8.76. The van der Waals surface area contributed by atoms with Crippen LogP contribution in [0, 0.1) is 0 Å². The highest BCUT2D eigenvalue weighted by molar-refractivity contribution is 6.02. The lowest BCUT2D eigenvalue weighted by Gasteiger charge is -2.15. The van der Waals surface area contributed by atoms with E-state index in [2.05, 4.69) is 0 Å². The first kappa shape index (κ1) is 16.4. The van der Waals surface area contributed by atoms with E-state index in [1.807, 2.05) is 0 Å². The molecule has 0 saturated carbocycles. The van der Waals surface area contributed by atoms with Crippen molar-refractivity contribution in [1.29, 1.82) is 0 Å². The third-order valence-electron chi connectivity index (χ3n) is 2.34. The van der Waals surface area contributed by atoms with Crippen molar-refractivity contribution in [3.8, 4) is 0 Å². The molecular formula is C11H9F4N3O3. The Hall–Kier alpha value is -2.65. The molecule has 6 nitrogen and oxygen atoms in total. The molecule has 0 saturated heterocycles. The SMILES string of the molecule is NC(=O)c1cc(NC(=O)C(F)(F)C(F)F)cc(C(N)=O)c1. The summed E-state index contributed by atoms with van der Waals surface area (Å²) in [7, 11) is 0. The highest BCUT2D eigenvalue weighted by Gasteiger charge is 2.49. The van der Waals surface area contributed by atoms with Crippen molar-refractivity contribution in [3.05, 3.63) is 29.3 Å². The molecule has 1 aromatic rings. The molecule has 0 aromatic heterocycles. The fourth-order valence-electron chi connectivity index (χ4n) is 1.30. The fourth-order valence-corrected chi connectivity index (χ4v) is 1.30. The quantitative estimate of drug-likeness (QED) is 0.696. The Balaban J connectivity index is 3.17. The number of amides is 3. The highest BCUT2D eigenvalue weighted by Crippen LogP contribution is 2.25. The largest absolute Gasteiger partial charge is 0.383 e. The van der Waals surface area contributed by atoms with E-state index >= 15 is 0 Å². The second kappa shape index (κ2) is 5.77. The van der Waals surface area contributed by atoms with E-state index in [1.54, 1.807) is 0 Å². The third kappa shape index (κ3) is 3.68. The fraction of sp³-hybridized carbons (Fsp3) is 0.182. The van der Waals surface area contributed by atoms with Crippen LogP contribution in [-0.4, -0.2) is 30.1 Å². The van der Waals surface area contributed by atoms with Crippen LogP contribution in [0.2, 0.25) is 0 Å². The summed E-state index contributed by atoms with van der Waals surface area (Å²) < 4.78 is 49.6. The maximum absolute atomic E-state index is 12.8. The molecule has 10 heteroatoms. The summed E-state index contributed by atoms with van der Waals surface area (Å²) in [5, 5.41) is 1.47. The number of alkyl halides is 4. The van der Waals surface area contributed by atoms with E-state index in [-0.39, 0.29) is 11.1 Å². The molecule has 3 amide bonds.